The first kappa shape index (κ1) is 19.1. The summed E-state index contributed by atoms with van der Waals surface area (Å²) in [5, 5.41) is 10.8. The zero-order valence-electron chi connectivity index (χ0n) is 16.2. The highest BCUT2D eigenvalue weighted by Crippen LogP contribution is 2.35. The predicted molar refractivity (Wildman–Crippen MR) is 114 cm³/mol. The van der Waals surface area contributed by atoms with Crippen molar-refractivity contribution in [1.29, 1.82) is 0 Å². The quantitative estimate of drug-likeness (QED) is 0.420. The molecule has 0 amide bonds. The van der Waals surface area contributed by atoms with Crippen LogP contribution in [-0.4, -0.2) is 42.3 Å². The first-order valence-corrected chi connectivity index (χ1v) is 9.81. The minimum Gasteiger partial charge on any atom is -0.378 e. The number of nitro benzene ring substituents is 1. The van der Waals surface area contributed by atoms with Gasteiger partial charge in [0.1, 0.15) is 0 Å². The van der Waals surface area contributed by atoms with Crippen LogP contribution in [0.4, 0.5) is 11.4 Å². The van der Waals surface area contributed by atoms with Gasteiger partial charge < -0.3 is 9.64 Å². The van der Waals surface area contributed by atoms with Crippen LogP contribution in [0.3, 0.4) is 0 Å². The zero-order chi connectivity index (χ0) is 20.1. The Balaban J connectivity index is 1.64. The van der Waals surface area contributed by atoms with Gasteiger partial charge >= 0.3 is 0 Å². The molecule has 0 spiro atoms. The molecule has 0 aromatic heterocycles. The Kier molecular flexibility index (Phi) is 5.81. The van der Waals surface area contributed by atoms with E-state index in [1.807, 2.05) is 12.3 Å². The van der Waals surface area contributed by atoms with Crippen molar-refractivity contribution in [2.24, 2.45) is 4.99 Å². The summed E-state index contributed by atoms with van der Waals surface area (Å²) in [6, 6.07) is 16.7. The van der Waals surface area contributed by atoms with E-state index in [1.165, 1.54) is 34.5 Å². The van der Waals surface area contributed by atoms with E-state index in [1.54, 1.807) is 12.1 Å². The van der Waals surface area contributed by atoms with Gasteiger partial charge in [0.2, 0.25) is 0 Å². The Labute approximate surface area is 170 Å². The van der Waals surface area contributed by atoms with Crippen LogP contribution in [0.15, 0.2) is 76.4 Å². The van der Waals surface area contributed by atoms with Gasteiger partial charge in [-0.05, 0) is 47.8 Å². The number of allylic oxidation sites excluding steroid dienone is 2. The smallest absolute Gasteiger partial charge is 0.269 e. The van der Waals surface area contributed by atoms with Crippen molar-refractivity contribution >= 4 is 23.7 Å². The van der Waals surface area contributed by atoms with Crippen LogP contribution in [0.5, 0.6) is 0 Å². The van der Waals surface area contributed by atoms with Crippen LogP contribution >= 0.6 is 0 Å². The predicted octanol–water partition coefficient (Wildman–Crippen LogP) is 4.76. The molecule has 29 heavy (non-hydrogen) atoms. The summed E-state index contributed by atoms with van der Waals surface area (Å²) < 4.78 is 5.54. The fourth-order valence-corrected chi connectivity index (χ4v) is 3.74. The fraction of sp³-hybridized carbons (Fsp3) is 0.261. The molecule has 0 saturated carbocycles. The largest absolute Gasteiger partial charge is 0.378 e. The summed E-state index contributed by atoms with van der Waals surface area (Å²) in [4.78, 5) is 17.4. The molecule has 6 nitrogen and oxygen atoms in total. The van der Waals surface area contributed by atoms with Crippen molar-refractivity contribution in [1.82, 2.24) is 4.90 Å². The fourth-order valence-electron chi connectivity index (χ4n) is 3.74. The first-order chi connectivity index (χ1) is 14.2. The van der Waals surface area contributed by atoms with E-state index in [0.717, 1.165) is 39.1 Å². The molecule has 1 aliphatic heterocycles. The SMILES string of the molecule is O=[N+]([O-])c1ccc(N=CC2=C(N3CCOCC3)C(=Cc3ccccc3)CC2)cc1. The van der Waals surface area contributed by atoms with E-state index in [2.05, 4.69) is 40.2 Å². The van der Waals surface area contributed by atoms with Crippen molar-refractivity contribution in [3.63, 3.8) is 0 Å². The van der Waals surface area contributed by atoms with Crippen LogP contribution in [-0.2, 0) is 4.74 Å². The van der Waals surface area contributed by atoms with Gasteiger partial charge in [-0.3, -0.25) is 15.1 Å². The summed E-state index contributed by atoms with van der Waals surface area (Å²) in [6.07, 6.45) is 6.08. The second-order valence-corrected chi connectivity index (χ2v) is 7.09. The molecular formula is C23H23N3O3. The minimum absolute atomic E-state index is 0.0751. The van der Waals surface area contributed by atoms with E-state index in [9.17, 15) is 10.1 Å². The van der Waals surface area contributed by atoms with Gasteiger partial charge in [-0.2, -0.15) is 0 Å². The molecule has 0 unspecified atom stereocenters. The lowest BCUT2D eigenvalue weighted by Crippen LogP contribution is -2.36. The van der Waals surface area contributed by atoms with Gasteiger partial charge in [-0.25, -0.2) is 0 Å². The third-order valence-corrected chi connectivity index (χ3v) is 5.17. The molecule has 0 atom stereocenters. The Morgan fingerprint density at radius 1 is 1.00 bits per heavy atom. The van der Waals surface area contributed by atoms with Crippen LogP contribution < -0.4 is 0 Å². The maximum Gasteiger partial charge on any atom is 0.269 e. The lowest BCUT2D eigenvalue weighted by atomic mass is 10.1. The summed E-state index contributed by atoms with van der Waals surface area (Å²) in [5.41, 5.74) is 5.76. The van der Waals surface area contributed by atoms with Crippen molar-refractivity contribution in [2.45, 2.75) is 12.8 Å². The average Bonchev–Trinajstić information content (AvgIpc) is 3.16. The number of nitrogens with zero attached hydrogens (tertiary/aromatic N) is 3. The van der Waals surface area contributed by atoms with Gasteiger partial charge in [-0.1, -0.05) is 30.3 Å². The normalized spacial score (nSPS) is 18.8. The van der Waals surface area contributed by atoms with Gasteiger partial charge in [-0.15, -0.1) is 0 Å². The van der Waals surface area contributed by atoms with Crippen LogP contribution in [0, 0.1) is 10.1 Å². The molecule has 1 aliphatic carbocycles. The van der Waals surface area contributed by atoms with E-state index in [-0.39, 0.29) is 5.69 Å². The summed E-state index contributed by atoms with van der Waals surface area (Å²) in [5.74, 6) is 0. The Bertz CT molecular complexity index is 957. The van der Waals surface area contributed by atoms with E-state index < -0.39 is 4.92 Å². The Morgan fingerprint density at radius 3 is 2.41 bits per heavy atom. The summed E-state index contributed by atoms with van der Waals surface area (Å²) in [7, 11) is 0. The molecule has 148 valence electrons. The second-order valence-electron chi connectivity index (χ2n) is 7.09. The number of rotatable bonds is 5. The number of benzene rings is 2. The third-order valence-electron chi connectivity index (χ3n) is 5.17. The van der Waals surface area contributed by atoms with Crippen molar-refractivity contribution < 1.29 is 9.66 Å². The standard InChI is InChI=1S/C23H23N3O3/c27-26(28)22-10-8-21(9-11-22)24-17-20-7-6-19(16-18-4-2-1-3-5-18)23(20)25-12-14-29-15-13-25/h1-5,8-11,16-17H,6-7,12-15H2. The number of non-ortho nitro benzene ring substituents is 1. The Morgan fingerprint density at radius 2 is 1.72 bits per heavy atom. The van der Waals surface area contributed by atoms with E-state index >= 15 is 0 Å². The van der Waals surface area contributed by atoms with Crippen molar-refractivity contribution in [3.8, 4) is 0 Å². The second kappa shape index (κ2) is 8.84. The highest BCUT2D eigenvalue weighted by molar-refractivity contribution is 5.85. The van der Waals surface area contributed by atoms with Gasteiger partial charge in [0, 0.05) is 37.1 Å². The molecule has 0 bridgehead atoms. The Hall–Kier alpha value is -3.25. The molecular weight excluding hydrogens is 366 g/mol. The van der Waals surface area contributed by atoms with Crippen molar-refractivity contribution in [3.05, 3.63) is 87.1 Å². The van der Waals surface area contributed by atoms with Gasteiger partial charge in [0.05, 0.1) is 23.8 Å². The average molecular weight is 389 g/mol. The molecule has 1 heterocycles. The molecule has 1 saturated heterocycles. The molecule has 0 radical (unpaired) electrons. The number of morpholine rings is 1. The zero-order valence-corrected chi connectivity index (χ0v) is 16.2. The van der Waals surface area contributed by atoms with Crippen LogP contribution in [0.2, 0.25) is 0 Å². The van der Waals surface area contributed by atoms with Crippen LogP contribution in [0.1, 0.15) is 18.4 Å². The number of nitro groups is 1. The minimum atomic E-state index is -0.399. The molecule has 4 rings (SSSR count). The number of aliphatic imine (C=N–C) groups is 1. The molecule has 6 heteroatoms. The molecule has 1 fully saturated rings. The number of ether oxygens (including phenoxy) is 1. The number of hydrogen-bond donors (Lipinski definition) is 0. The molecule has 2 aromatic rings. The molecule has 0 N–H and O–H groups in total. The summed E-state index contributed by atoms with van der Waals surface area (Å²) >= 11 is 0. The van der Waals surface area contributed by atoms with E-state index in [4.69, 9.17) is 4.74 Å². The molecule has 2 aromatic carbocycles. The lowest BCUT2D eigenvalue weighted by Gasteiger charge is -2.31. The van der Waals surface area contributed by atoms with E-state index in [0.29, 0.717) is 5.69 Å². The van der Waals surface area contributed by atoms with Gasteiger partial charge in [0.15, 0.2) is 0 Å². The maximum absolute atomic E-state index is 10.8. The highest BCUT2D eigenvalue weighted by Gasteiger charge is 2.25. The summed E-state index contributed by atoms with van der Waals surface area (Å²) in [6.45, 7) is 3.20. The molecule has 2 aliphatic rings. The number of hydrogen-bond acceptors (Lipinski definition) is 5. The maximum atomic E-state index is 10.8. The highest BCUT2D eigenvalue weighted by atomic mass is 16.6. The topological polar surface area (TPSA) is 68.0 Å². The van der Waals surface area contributed by atoms with Gasteiger partial charge in [0.25, 0.3) is 5.69 Å². The monoisotopic (exact) mass is 389 g/mol. The first-order valence-electron chi connectivity index (χ1n) is 9.81. The van der Waals surface area contributed by atoms with Crippen LogP contribution in [0.25, 0.3) is 6.08 Å². The lowest BCUT2D eigenvalue weighted by molar-refractivity contribution is -0.384. The van der Waals surface area contributed by atoms with Crippen molar-refractivity contribution in [2.75, 3.05) is 26.3 Å². The third kappa shape index (κ3) is 4.60.